The van der Waals surface area contributed by atoms with Crippen LogP contribution in [0.25, 0.3) is 10.4 Å². The van der Waals surface area contributed by atoms with Crippen molar-refractivity contribution in [3.63, 3.8) is 0 Å². The molecule has 0 aromatic rings. The fourth-order valence-electron chi connectivity index (χ4n) is 2.03. The lowest BCUT2D eigenvalue weighted by atomic mass is 9.83. The van der Waals surface area contributed by atoms with Crippen molar-refractivity contribution in [1.82, 2.24) is 4.90 Å². The van der Waals surface area contributed by atoms with E-state index in [0.717, 1.165) is 19.6 Å². The molecule has 1 atom stereocenters. The van der Waals surface area contributed by atoms with Gasteiger partial charge in [0, 0.05) is 43.6 Å². The van der Waals surface area contributed by atoms with Crippen LogP contribution in [0.1, 0.15) is 13.8 Å². The van der Waals surface area contributed by atoms with Gasteiger partial charge >= 0.3 is 0 Å². The Bertz CT molecular complexity index is 235. The Balaban J connectivity index is 2.41. The van der Waals surface area contributed by atoms with Gasteiger partial charge in [0.1, 0.15) is 0 Å². The first-order valence-electron chi connectivity index (χ1n) is 4.94. The van der Waals surface area contributed by atoms with E-state index >= 15 is 0 Å². The van der Waals surface area contributed by atoms with E-state index in [1.807, 2.05) is 0 Å². The predicted molar refractivity (Wildman–Crippen MR) is 54.8 cm³/mol. The molecular formula is C9H18N4O. The van der Waals surface area contributed by atoms with Crippen LogP contribution in [0.15, 0.2) is 5.11 Å². The molecule has 0 aromatic carbocycles. The van der Waals surface area contributed by atoms with Gasteiger partial charge in [0.2, 0.25) is 0 Å². The van der Waals surface area contributed by atoms with Crippen LogP contribution in [0.3, 0.4) is 0 Å². The molecule has 0 unspecified atom stereocenters. The normalized spacial score (nSPS) is 26.1. The molecule has 0 saturated carbocycles. The van der Waals surface area contributed by atoms with Crippen molar-refractivity contribution in [2.45, 2.75) is 13.8 Å². The Hall–Kier alpha value is -0.770. The Morgan fingerprint density at radius 3 is 2.86 bits per heavy atom. The molecule has 14 heavy (non-hydrogen) atoms. The molecule has 0 amide bonds. The molecule has 0 spiro atoms. The molecule has 1 saturated heterocycles. The van der Waals surface area contributed by atoms with Gasteiger partial charge in [0.05, 0.1) is 0 Å². The van der Waals surface area contributed by atoms with Crippen molar-refractivity contribution in [3.8, 4) is 0 Å². The van der Waals surface area contributed by atoms with E-state index in [4.69, 9.17) is 5.53 Å². The van der Waals surface area contributed by atoms with Crippen LogP contribution in [0, 0.1) is 11.3 Å². The molecule has 0 radical (unpaired) electrons. The van der Waals surface area contributed by atoms with Crippen molar-refractivity contribution in [1.29, 1.82) is 0 Å². The topological polar surface area (TPSA) is 72.2 Å². The van der Waals surface area contributed by atoms with E-state index in [1.165, 1.54) is 0 Å². The van der Waals surface area contributed by atoms with Crippen LogP contribution in [-0.4, -0.2) is 42.8 Å². The maximum Gasteiger partial charge on any atom is 0.0477 e. The maximum atomic E-state index is 9.18. The van der Waals surface area contributed by atoms with Gasteiger partial charge in [-0.25, -0.2) is 0 Å². The van der Waals surface area contributed by atoms with Gasteiger partial charge in [0.25, 0.3) is 0 Å². The Morgan fingerprint density at radius 2 is 2.36 bits per heavy atom. The largest absolute Gasteiger partial charge is 0.396 e. The number of aliphatic hydroxyl groups is 1. The second-order valence-corrected chi connectivity index (χ2v) is 4.56. The number of azide groups is 1. The molecule has 1 N–H and O–H groups in total. The number of likely N-dealkylation sites (tertiary alicyclic amines) is 1. The van der Waals surface area contributed by atoms with E-state index in [9.17, 15) is 5.11 Å². The molecule has 5 heteroatoms. The van der Waals surface area contributed by atoms with E-state index in [1.54, 1.807) is 0 Å². The Labute approximate surface area is 84.3 Å². The summed E-state index contributed by atoms with van der Waals surface area (Å²) >= 11 is 0. The average Bonchev–Trinajstić information content (AvgIpc) is 2.41. The lowest BCUT2D eigenvalue weighted by molar-refractivity contribution is 0.161. The highest BCUT2D eigenvalue weighted by Gasteiger charge is 2.38. The summed E-state index contributed by atoms with van der Waals surface area (Å²) in [6.45, 7) is 7.77. The number of rotatable bonds is 4. The zero-order valence-electron chi connectivity index (χ0n) is 8.85. The minimum absolute atomic E-state index is 0.172. The lowest BCUT2D eigenvalue weighted by Gasteiger charge is -2.23. The van der Waals surface area contributed by atoms with Crippen LogP contribution in [0.2, 0.25) is 0 Å². The van der Waals surface area contributed by atoms with Gasteiger partial charge in [-0.05, 0) is 10.9 Å². The average molecular weight is 198 g/mol. The lowest BCUT2D eigenvalue weighted by Crippen LogP contribution is -2.26. The van der Waals surface area contributed by atoms with Gasteiger partial charge in [-0.3, -0.25) is 0 Å². The SMILES string of the molecule is CC1(C)CN(CCN=[N+]=[N-])C[C@@H]1CO. The van der Waals surface area contributed by atoms with E-state index in [0.29, 0.717) is 12.5 Å². The molecule has 0 aromatic heterocycles. The van der Waals surface area contributed by atoms with Gasteiger partial charge in [0.15, 0.2) is 0 Å². The quantitative estimate of drug-likeness (QED) is 0.419. The van der Waals surface area contributed by atoms with Crippen LogP contribution >= 0.6 is 0 Å². The third-order valence-electron chi connectivity index (χ3n) is 3.01. The molecule has 1 rings (SSSR count). The molecule has 5 nitrogen and oxygen atoms in total. The summed E-state index contributed by atoms with van der Waals surface area (Å²) in [6.07, 6.45) is 0. The first kappa shape index (κ1) is 11.3. The highest BCUT2D eigenvalue weighted by atomic mass is 16.3. The third-order valence-corrected chi connectivity index (χ3v) is 3.01. The molecule has 0 aliphatic carbocycles. The van der Waals surface area contributed by atoms with Gasteiger partial charge in [-0.15, -0.1) is 0 Å². The number of nitrogens with zero attached hydrogens (tertiary/aromatic N) is 4. The highest BCUT2D eigenvalue weighted by molar-refractivity contribution is 4.90. The van der Waals surface area contributed by atoms with Gasteiger partial charge < -0.3 is 10.0 Å². The fraction of sp³-hybridized carbons (Fsp3) is 1.00. The molecule has 1 aliphatic rings. The van der Waals surface area contributed by atoms with Crippen LogP contribution in [0.4, 0.5) is 0 Å². The molecule has 1 aliphatic heterocycles. The second kappa shape index (κ2) is 4.64. The Kier molecular flexibility index (Phi) is 3.75. The predicted octanol–water partition coefficient (Wildman–Crippen LogP) is 1.25. The van der Waals surface area contributed by atoms with Crippen molar-refractivity contribution in [2.24, 2.45) is 16.4 Å². The summed E-state index contributed by atoms with van der Waals surface area (Å²) in [6, 6.07) is 0. The number of aliphatic hydroxyl groups excluding tert-OH is 1. The van der Waals surface area contributed by atoms with E-state index in [-0.39, 0.29) is 12.0 Å². The van der Waals surface area contributed by atoms with Crippen LogP contribution in [-0.2, 0) is 0 Å². The minimum Gasteiger partial charge on any atom is -0.396 e. The molecule has 1 fully saturated rings. The van der Waals surface area contributed by atoms with Crippen LogP contribution in [0.5, 0.6) is 0 Å². The summed E-state index contributed by atoms with van der Waals surface area (Å²) < 4.78 is 0. The fourth-order valence-corrected chi connectivity index (χ4v) is 2.03. The summed E-state index contributed by atoms with van der Waals surface area (Å²) in [5.41, 5.74) is 8.31. The zero-order valence-corrected chi connectivity index (χ0v) is 8.85. The summed E-state index contributed by atoms with van der Waals surface area (Å²) in [5.74, 6) is 0.341. The van der Waals surface area contributed by atoms with E-state index < -0.39 is 0 Å². The Morgan fingerprint density at radius 1 is 1.64 bits per heavy atom. The summed E-state index contributed by atoms with van der Waals surface area (Å²) in [4.78, 5) is 4.97. The van der Waals surface area contributed by atoms with Gasteiger partial charge in [-0.1, -0.05) is 19.0 Å². The van der Waals surface area contributed by atoms with Crippen molar-refractivity contribution >= 4 is 0 Å². The number of hydrogen-bond acceptors (Lipinski definition) is 3. The smallest absolute Gasteiger partial charge is 0.0477 e. The summed E-state index contributed by atoms with van der Waals surface area (Å²) in [5, 5.41) is 12.7. The maximum absolute atomic E-state index is 9.18. The third kappa shape index (κ3) is 2.61. The zero-order chi connectivity index (χ0) is 10.6. The van der Waals surface area contributed by atoms with Gasteiger partial charge in [-0.2, -0.15) is 0 Å². The molecule has 0 bridgehead atoms. The standard InChI is InChI=1S/C9H18N4O/c1-9(2)7-13(4-3-11-12-10)5-8(9)6-14/h8,14H,3-7H2,1-2H3/t8-/m1/s1. The first-order chi connectivity index (χ1) is 6.60. The van der Waals surface area contributed by atoms with Crippen molar-refractivity contribution < 1.29 is 5.11 Å². The molecule has 1 heterocycles. The van der Waals surface area contributed by atoms with E-state index in [2.05, 4.69) is 28.8 Å². The minimum atomic E-state index is 0.172. The highest BCUT2D eigenvalue weighted by Crippen LogP contribution is 2.34. The number of hydrogen-bond donors (Lipinski definition) is 1. The van der Waals surface area contributed by atoms with Crippen molar-refractivity contribution in [2.75, 3.05) is 32.8 Å². The first-order valence-corrected chi connectivity index (χ1v) is 4.94. The summed E-state index contributed by atoms with van der Waals surface area (Å²) in [7, 11) is 0. The van der Waals surface area contributed by atoms with Crippen LogP contribution < -0.4 is 0 Å². The molecular weight excluding hydrogens is 180 g/mol. The molecule has 80 valence electrons. The second-order valence-electron chi connectivity index (χ2n) is 4.56. The monoisotopic (exact) mass is 198 g/mol. The van der Waals surface area contributed by atoms with Crippen molar-refractivity contribution in [3.05, 3.63) is 10.4 Å².